The third-order valence-electron chi connectivity index (χ3n) is 5.88. The fourth-order valence-corrected chi connectivity index (χ4v) is 4.00. The predicted octanol–water partition coefficient (Wildman–Crippen LogP) is 5.21. The topological polar surface area (TPSA) is 72.3 Å². The summed E-state index contributed by atoms with van der Waals surface area (Å²) in [5.74, 6) is 0.451. The monoisotopic (exact) mass is 457 g/mol. The average molecular weight is 458 g/mol. The molecule has 0 aliphatic carbocycles. The number of nitrogens with one attached hydrogen (secondary N) is 1. The molecule has 1 amide bonds. The highest BCUT2D eigenvalue weighted by molar-refractivity contribution is 5.95. The highest BCUT2D eigenvalue weighted by Gasteiger charge is 2.13. The Morgan fingerprint density at radius 1 is 0.941 bits per heavy atom. The van der Waals surface area contributed by atoms with Gasteiger partial charge in [-0.2, -0.15) is 4.80 Å². The second kappa shape index (κ2) is 9.95. The van der Waals surface area contributed by atoms with Crippen LogP contribution in [0.15, 0.2) is 54.6 Å². The van der Waals surface area contributed by atoms with Gasteiger partial charge in [-0.05, 0) is 93.8 Å². The Morgan fingerprint density at radius 2 is 1.68 bits per heavy atom. The molecule has 34 heavy (non-hydrogen) atoms. The normalized spacial score (nSPS) is 11.0. The van der Waals surface area contributed by atoms with E-state index in [-0.39, 0.29) is 12.5 Å². The van der Waals surface area contributed by atoms with E-state index in [0.29, 0.717) is 17.0 Å². The molecule has 176 valence electrons. The van der Waals surface area contributed by atoms with Gasteiger partial charge in [0.2, 0.25) is 0 Å². The van der Waals surface area contributed by atoms with Crippen molar-refractivity contribution in [1.82, 2.24) is 15.0 Å². The van der Waals surface area contributed by atoms with Crippen molar-refractivity contribution < 1.29 is 9.53 Å². The summed E-state index contributed by atoms with van der Waals surface area (Å²) in [6.45, 7) is 12.2. The van der Waals surface area contributed by atoms with Gasteiger partial charge in [0, 0.05) is 24.5 Å². The van der Waals surface area contributed by atoms with Gasteiger partial charge in [-0.25, -0.2) is 0 Å². The van der Waals surface area contributed by atoms with Crippen LogP contribution in [0.5, 0.6) is 5.75 Å². The number of anilines is 2. The first-order valence-corrected chi connectivity index (χ1v) is 11.6. The Kier molecular flexibility index (Phi) is 6.82. The zero-order valence-electron chi connectivity index (χ0n) is 20.4. The molecule has 4 aromatic rings. The highest BCUT2D eigenvalue weighted by Crippen LogP contribution is 2.25. The lowest BCUT2D eigenvalue weighted by molar-refractivity contribution is -0.118. The molecule has 0 atom stereocenters. The molecule has 0 bridgehead atoms. The van der Waals surface area contributed by atoms with Crippen molar-refractivity contribution in [2.45, 2.75) is 34.6 Å². The summed E-state index contributed by atoms with van der Waals surface area (Å²) in [6, 6.07) is 17.8. The molecule has 7 heteroatoms. The third-order valence-corrected chi connectivity index (χ3v) is 5.88. The minimum Gasteiger partial charge on any atom is -0.484 e. The van der Waals surface area contributed by atoms with E-state index >= 15 is 0 Å². The summed E-state index contributed by atoms with van der Waals surface area (Å²) >= 11 is 0. The van der Waals surface area contributed by atoms with Gasteiger partial charge in [0.05, 0.1) is 5.69 Å². The largest absolute Gasteiger partial charge is 0.484 e. The van der Waals surface area contributed by atoms with Gasteiger partial charge >= 0.3 is 0 Å². The zero-order chi connectivity index (χ0) is 24.2. The fourth-order valence-electron chi connectivity index (χ4n) is 4.00. The van der Waals surface area contributed by atoms with Gasteiger partial charge in [-0.3, -0.25) is 4.79 Å². The molecule has 4 rings (SSSR count). The van der Waals surface area contributed by atoms with Gasteiger partial charge in [0.1, 0.15) is 16.8 Å². The molecule has 0 spiro atoms. The van der Waals surface area contributed by atoms with E-state index in [9.17, 15) is 4.79 Å². The van der Waals surface area contributed by atoms with Gasteiger partial charge in [-0.1, -0.05) is 12.1 Å². The molecule has 0 saturated carbocycles. The van der Waals surface area contributed by atoms with Crippen LogP contribution in [-0.4, -0.2) is 40.6 Å². The number of benzene rings is 3. The fraction of sp³-hybridized carbons (Fsp3) is 0.296. The summed E-state index contributed by atoms with van der Waals surface area (Å²) in [6.07, 6.45) is 0. The van der Waals surface area contributed by atoms with E-state index in [1.165, 1.54) is 5.69 Å². The van der Waals surface area contributed by atoms with Crippen LogP contribution >= 0.6 is 0 Å². The van der Waals surface area contributed by atoms with Crippen molar-refractivity contribution in [3.05, 3.63) is 71.3 Å². The van der Waals surface area contributed by atoms with Crippen LogP contribution in [0.25, 0.3) is 16.7 Å². The van der Waals surface area contributed by atoms with Crippen molar-refractivity contribution in [2.75, 3.05) is 29.9 Å². The Morgan fingerprint density at radius 3 is 2.35 bits per heavy atom. The molecule has 7 nitrogen and oxygen atoms in total. The molecular formula is C27H31N5O2. The summed E-state index contributed by atoms with van der Waals surface area (Å²) in [4.78, 5) is 16.5. The van der Waals surface area contributed by atoms with Gasteiger partial charge in [-0.15, -0.1) is 10.2 Å². The third kappa shape index (κ3) is 5.03. The van der Waals surface area contributed by atoms with E-state index in [0.717, 1.165) is 41.0 Å². The number of nitrogens with zero attached hydrogens (tertiary/aromatic N) is 4. The second-order valence-corrected chi connectivity index (χ2v) is 8.44. The zero-order valence-corrected chi connectivity index (χ0v) is 20.4. The van der Waals surface area contributed by atoms with E-state index in [1.807, 2.05) is 50.2 Å². The molecule has 0 unspecified atom stereocenters. The quantitative estimate of drug-likeness (QED) is 0.393. The molecule has 0 radical (unpaired) electrons. The first-order chi connectivity index (χ1) is 16.4. The van der Waals surface area contributed by atoms with Crippen LogP contribution in [0, 0.1) is 20.8 Å². The SMILES string of the molecule is CCN(CC)c1ccc(-n2nc3cc(C)c(NC(=O)COc4cccc(C)c4)cc3n2)c(C)c1. The number of rotatable bonds is 8. The lowest BCUT2D eigenvalue weighted by Crippen LogP contribution is -2.21. The maximum absolute atomic E-state index is 12.5. The molecule has 1 heterocycles. The van der Waals surface area contributed by atoms with Crippen molar-refractivity contribution in [3.8, 4) is 11.4 Å². The van der Waals surface area contributed by atoms with Crippen LogP contribution < -0.4 is 15.0 Å². The number of hydrogen-bond donors (Lipinski definition) is 1. The van der Waals surface area contributed by atoms with Crippen molar-refractivity contribution in [1.29, 1.82) is 0 Å². The van der Waals surface area contributed by atoms with Crippen molar-refractivity contribution in [2.24, 2.45) is 0 Å². The van der Waals surface area contributed by atoms with E-state index < -0.39 is 0 Å². The van der Waals surface area contributed by atoms with Gasteiger partial charge in [0.25, 0.3) is 5.91 Å². The summed E-state index contributed by atoms with van der Waals surface area (Å²) < 4.78 is 5.62. The van der Waals surface area contributed by atoms with Gasteiger partial charge < -0.3 is 15.0 Å². The Balaban J connectivity index is 1.52. The summed E-state index contributed by atoms with van der Waals surface area (Å²) in [7, 11) is 0. The average Bonchev–Trinajstić information content (AvgIpc) is 3.21. The lowest BCUT2D eigenvalue weighted by Gasteiger charge is -2.22. The summed E-state index contributed by atoms with van der Waals surface area (Å²) in [5.41, 5.74) is 7.41. The van der Waals surface area contributed by atoms with Crippen LogP contribution in [0.1, 0.15) is 30.5 Å². The number of ether oxygens (including phenoxy) is 1. The molecule has 0 aliphatic heterocycles. The Bertz CT molecular complexity index is 1320. The Labute approximate surface area is 200 Å². The number of fused-ring (bicyclic) bond motifs is 1. The second-order valence-electron chi connectivity index (χ2n) is 8.44. The van der Waals surface area contributed by atoms with Crippen LogP contribution in [-0.2, 0) is 4.79 Å². The van der Waals surface area contributed by atoms with Crippen LogP contribution in [0.4, 0.5) is 11.4 Å². The molecule has 0 fully saturated rings. The number of hydrogen-bond acceptors (Lipinski definition) is 5. The number of carbonyl (C=O) groups is 1. The molecule has 0 saturated heterocycles. The minimum atomic E-state index is -0.223. The molecular weight excluding hydrogens is 426 g/mol. The van der Waals surface area contributed by atoms with E-state index in [4.69, 9.17) is 4.74 Å². The number of aromatic nitrogens is 3. The molecule has 0 aliphatic rings. The van der Waals surface area contributed by atoms with Crippen molar-refractivity contribution >= 4 is 28.3 Å². The number of carbonyl (C=O) groups excluding carboxylic acids is 1. The van der Waals surface area contributed by atoms with Crippen LogP contribution in [0.2, 0.25) is 0 Å². The standard InChI is InChI=1S/C27H31N5O2/c1-6-31(7-2)21-11-12-26(20(5)14-21)32-29-24-15-19(4)23(16-25(24)30-32)28-27(33)17-34-22-10-8-9-18(3)13-22/h8-16H,6-7,17H2,1-5H3,(H,28,33). The first-order valence-electron chi connectivity index (χ1n) is 11.6. The minimum absolute atomic E-state index is 0.0638. The maximum Gasteiger partial charge on any atom is 0.262 e. The molecule has 1 aromatic heterocycles. The highest BCUT2D eigenvalue weighted by atomic mass is 16.5. The molecule has 1 N–H and O–H groups in total. The van der Waals surface area contributed by atoms with E-state index in [2.05, 4.69) is 59.4 Å². The lowest BCUT2D eigenvalue weighted by atomic mass is 10.1. The molecule has 3 aromatic carbocycles. The number of aryl methyl sites for hydroxylation is 3. The maximum atomic E-state index is 12.5. The van der Waals surface area contributed by atoms with E-state index in [1.54, 1.807) is 4.80 Å². The van der Waals surface area contributed by atoms with Gasteiger partial charge in [0.15, 0.2) is 6.61 Å². The summed E-state index contributed by atoms with van der Waals surface area (Å²) in [5, 5.41) is 12.3. The predicted molar refractivity (Wildman–Crippen MR) is 137 cm³/mol. The van der Waals surface area contributed by atoms with Crippen LogP contribution in [0.3, 0.4) is 0 Å². The Hall–Kier alpha value is -3.87. The van der Waals surface area contributed by atoms with Crippen molar-refractivity contribution in [3.63, 3.8) is 0 Å². The number of amides is 1. The smallest absolute Gasteiger partial charge is 0.262 e. The first kappa shape index (κ1) is 23.3.